The van der Waals surface area contributed by atoms with Crippen molar-refractivity contribution in [3.63, 3.8) is 0 Å². The summed E-state index contributed by atoms with van der Waals surface area (Å²) in [6, 6.07) is 15.1. The minimum absolute atomic E-state index is 0. The van der Waals surface area contributed by atoms with Crippen molar-refractivity contribution in [3.05, 3.63) is 72.1 Å². The molecule has 1 atom stereocenters. The van der Waals surface area contributed by atoms with Crippen LogP contribution in [0.25, 0.3) is 10.8 Å². The van der Waals surface area contributed by atoms with Crippen LogP contribution in [0.4, 0.5) is 0 Å². The second-order valence-corrected chi connectivity index (χ2v) is 8.52. The topological polar surface area (TPSA) is 71.1 Å². The van der Waals surface area contributed by atoms with Crippen molar-refractivity contribution in [1.29, 1.82) is 0 Å². The fraction of sp³-hybridized carbons (Fsp3) is 0.286. The van der Waals surface area contributed by atoms with E-state index in [1.54, 1.807) is 30.6 Å². The third kappa shape index (κ3) is 5.75. The maximum atomic E-state index is 12.7. The van der Waals surface area contributed by atoms with Crippen molar-refractivity contribution < 1.29 is 8.42 Å². The number of nitrogens with zero attached hydrogens (tertiary/aromatic N) is 1. The highest BCUT2D eigenvalue weighted by Gasteiger charge is 2.18. The fourth-order valence-electron chi connectivity index (χ4n) is 3.03. The SMILES string of the molecule is Cc1cncc2ccc(S(=O)(=O)NC(C)CNCCc3ccccc3)cc12.Cl. The van der Waals surface area contributed by atoms with Gasteiger partial charge in [-0.3, -0.25) is 4.98 Å². The number of nitrogens with one attached hydrogen (secondary N) is 2. The van der Waals surface area contributed by atoms with Gasteiger partial charge in [0.2, 0.25) is 10.0 Å². The lowest BCUT2D eigenvalue weighted by molar-refractivity contribution is 0.537. The van der Waals surface area contributed by atoms with Gasteiger partial charge in [0.1, 0.15) is 0 Å². The van der Waals surface area contributed by atoms with Gasteiger partial charge in [-0.05, 0) is 55.5 Å². The summed E-state index contributed by atoms with van der Waals surface area (Å²) in [5, 5.41) is 5.15. The minimum atomic E-state index is -3.57. The maximum absolute atomic E-state index is 12.7. The van der Waals surface area contributed by atoms with E-state index in [0.29, 0.717) is 6.54 Å². The van der Waals surface area contributed by atoms with E-state index in [1.165, 1.54) is 5.56 Å². The summed E-state index contributed by atoms with van der Waals surface area (Å²) in [5.41, 5.74) is 2.22. The molecule has 7 heteroatoms. The van der Waals surface area contributed by atoms with Crippen LogP contribution in [0.2, 0.25) is 0 Å². The number of hydrogen-bond donors (Lipinski definition) is 2. The number of rotatable bonds is 8. The number of halogens is 1. The summed E-state index contributed by atoms with van der Waals surface area (Å²) in [7, 11) is -3.57. The van der Waals surface area contributed by atoms with E-state index in [1.807, 2.05) is 32.0 Å². The number of pyridine rings is 1. The van der Waals surface area contributed by atoms with Crippen LogP contribution in [-0.4, -0.2) is 32.5 Å². The molecule has 150 valence electrons. The first-order chi connectivity index (χ1) is 13.0. The normalized spacial score (nSPS) is 12.5. The summed E-state index contributed by atoms with van der Waals surface area (Å²) in [4.78, 5) is 4.42. The molecule has 0 radical (unpaired) electrons. The number of hydrogen-bond acceptors (Lipinski definition) is 4. The van der Waals surface area contributed by atoms with Crippen LogP contribution in [0.1, 0.15) is 18.1 Å². The Morgan fingerprint density at radius 3 is 2.57 bits per heavy atom. The molecule has 0 spiro atoms. The fourth-order valence-corrected chi connectivity index (χ4v) is 4.30. The van der Waals surface area contributed by atoms with Crippen molar-refractivity contribution in [2.75, 3.05) is 13.1 Å². The lowest BCUT2D eigenvalue weighted by Crippen LogP contribution is -2.40. The van der Waals surface area contributed by atoms with Crippen molar-refractivity contribution in [3.8, 4) is 0 Å². The number of aromatic nitrogens is 1. The van der Waals surface area contributed by atoms with Crippen LogP contribution in [0.3, 0.4) is 0 Å². The Morgan fingerprint density at radius 1 is 1.07 bits per heavy atom. The quantitative estimate of drug-likeness (QED) is 0.548. The summed E-state index contributed by atoms with van der Waals surface area (Å²) < 4.78 is 28.1. The van der Waals surface area contributed by atoms with Crippen molar-refractivity contribution in [1.82, 2.24) is 15.0 Å². The van der Waals surface area contributed by atoms with Crippen LogP contribution in [0.5, 0.6) is 0 Å². The predicted octanol–water partition coefficient (Wildman–Crippen LogP) is 3.46. The zero-order chi connectivity index (χ0) is 19.3. The molecule has 1 unspecified atom stereocenters. The average Bonchev–Trinajstić information content (AvgIpc) is 2.66. The van der Waals surface area contributed by atoms with E-state index in [9.17, 15) is 8.42 Å². The Bertz CT molecular complexity index is 1010. The first kappa shape index (κ1) is 22.3. The second kappa shape index (κ2) is 9.98. The van der Waals surface area contributed by atoms with Gasteiger partial charge >= 0.3 is 0 Å². The molecule has 2 N–H and O–H groups in total. The Kier molecular flexibility index (Phi) is 7.95. The Balaban J connectivity index is 0.00000280. The summed E-state index contributed by atoms with van der Waals surface area (Å²) in [6.07, 6.45) is 4.40. The summed E-state index contributed by atoms with van der Waals surface area (Å²) in [5.74, 6) is 0. The molecule has 0 saturated carbocycles. The molecule has 28 heavy (non-hydrogen) atoms. The molecule has 0 amide bonds. The zero-order valence-corrected chi connectivity index (χ0v) is 17.7. The van der Waals surface area contributed by atoms with Gasteiger partial charge in [0.25, 0.3) is 0 Å². The highest BCUT2D eigenvalue weighted by molar-refractivity contribution is 7.89. The Labute approximate surface area is 173 Å². The number of benzene rings is 2. The van der Waals surface area contributed by atoms with Crippen LogP contribution in [0.15, 0.2) is 65.8 Å². The second-order valence-electron chi connectivity index (χ2n) is 6.80. The lowest BCUT2D eigenvalue weighted by atomic mass is 10.1. The molecule has 3 aromatic rings. The number of sulfonamides is 1. The lowest BCUT2D eigenvalue weighted by Gasteiger charge is -2.15. The average molecular weight is 420 g/mol. The molecule has 1 aromatic heterocycles. The molecule has 1 heterocycles. The van der Waals surface area contributed by atoms with Crippen molar-refractivity contribution in [2.24, 2.45) is 0 Å². The highest BCUT2D eigenvalue weighted by atomic mass is 35.5. The van der Waals surface area contributed by atoms with Gasteiger partial charge in [-0.15, -0.1) is 12.4 Å². The molecule has 0 saturated heterocycles. The van der Waals surface area contributed by atoms with Crippen molar-refractivity contribution >= 4 is 33.2 Å². The monoisotopic (exact) mass is 419 g/mol. The molecule has 0 fully saturated rings. The zero-order valence-electron chi connectivity index (χ0n) is 16.1. The van der Waals surface area contributed by atoms with Crippen LogP contribution in [0, 0.1) is 6.92 Å². The molecule has 3 rings (SSSR count). The number of aryl methyl sites for hydroxylation is 1. The highest BCUT2D eigenvalue weighted by Crippen LogP contribution is 2.21. The van der Waals surface area contributed by atoms with E-state index < -0.39 is 10.0 Å². The van der Waals surface area contributed by atoms with Crippen LogP contribution >= 0.6 is 12.4 Å². The van der Waals surface area contributed by atoms with Gasteiger partial charge in [0.15, 0.2) is 0 Å². The van der Waals surface area contributed by atoms with E-state index in [4.69, 9.17) is 0 Å². The van der Waals surface area contributed by atoms with Crippen LogP contribution < -0.4 is 10.0 Å². The smallest absolute Gasteiger partial charge is 0.240 e. The molecule has 2 aromatic carbocycles. The molecular formula is C21H26ClN3O2S. The van der Waals surface area contributed by atoms with Gasteiger partial charge in [0, 0.05) is 30.4 Å². The molecule has 0 aliphatic carbocycles. The van der Waals surface area contributed by atoms with Gasteiger partial charge in [-0.2, -0.15) is 0 Å². The van der Waals surface area contributed by atoms with E-state index in [2.05, 4.69) is 27.2 Å². The minimum Gasteiger partial charge on any atom is -0.315 e. The van der Waals surface area contributed by atoms with Gasteiger partial charge in [-0.1, -0.05) is 36.4 Å². The van der Waals surface area contributed by atoms with Crippen LogP contribution in [-0.2, 0) is 16.4 Å². The molecule has 0 aliphatic rings. The predicted molar refractivity (Wildman–Crippen MR) is 117 cm³/mol. The summed E-state index contributed by atoms with van der Waals surface area (Å²) >= 11 is 0. The van der Waals surface area contributed by atoms with Crippen molar-refractivity contribution in [2.45, 2.75) is 31.2 Å². The maximum Gasteiger partial charge on any atom is 0.240 e. The molecule has 5 nitrogen and oxygen atoms in total. The first-order valence-corrected chi connectivity index (χ1v) is 10.6. The molecular weight excluding hydrogens is 394 g/mol. The third-order valence-electron chi connectivity index (χ3n) is 4.48. The van der Waals surface area contributed by atoms with Gasteiger partial charge < -0.3 is 5.32 Å². The van der Waals surface area contributed by atoms with Gasteiger partial charge in [0.05, 0.1) is 4.90 Å². The standard InChI is InChI=1S/C21H25N3O2S.ClH/c1-16-13-23-15-19-8-9-20(12-21(16)19)27(25,26)24-17(2)14-22-11-10-18-6-4-3-5-7-18;/h3-9,12-13,15,17,22,24H,10-11,14H2,1-2H3;1H. The van der Waals surface area contributed by atoms with E-state index in [0.717, 1.165) is 29.3 Å². The largest absolute Gasteiger partial charge is 0.315 e. The Hall–Kier alpha value is -1.99. The number of fused-ring (bicyclic) bond motifs is 1. The first-order valence-electron chi connectivity index (χ1n) is 9.07. The third-order valence-corrected chi connectivity index (χ3v) is 6.07. The van der Waals surface area contributed by atoms with E-state index >= 15 is 0 Å². The Morgan fingerprint density at radius 2 is 1.82 bits per heavy atom. The summed E-state index contributed by atoms with van der Waals surface area (Å²) in [6.45, 7) is 5.17. The molecule has 0 bridgehead atoms. The van der Waals surface area contributed by atoms with E-state index in [-0.39, 0.29) is 23.3 Å². The molecule has 0 aliphatic heterocycles. The van der Waals surface area contributed by atoms with Gasteiger partial charge in [-0.25, -0.2) is 13.1 Å².